The number of fused-ring (bicyclic) bond motifs is 1. The third-order valence-electron chi connectivity index (χ3n) is 3.76. The summed E-state index contributed by atoms with van der Waals surface area (Å²) in [7, 11) is 2.88. The van der Waals surface area contributed by atoms with Gasteiger partial charge >= 0.3 is 5.97 Å². The van der Waals surface area contributed by atoms with E-state index in [9.17, 15) is 14.4 Å². The van der Waals surface area contributed by atoms with E-state index in [1.165, 1.54) is 23.8 Å². The molecule has 0 atom stereocenters. The molecule has 1 N–H and O–H groups in total. The first-order valence-electron chi connectivity index (χ1n) is 7.47. The summed E-state index contributed by atoms with van der Waals surface area (Å²) in [6.45, 7) is 0. The Balaban J connectivity index is 1.91. The van der Waals surface area contributed by atoms with Crippen molar-refractivity contribution in [2.45, 2.75) is 0 Å². The van der Waals surface area contributed by atoms with Crippen LogP contribution < -0.4 is 10.9 Å². The van der Waals surface area contributed by atoms with Gasteiger partial charge in [0.1, 0.15) is 0 Å². The Morgan fingerprint density at radius 3 is 2.44 bits per heavy atom. The molecule has 7 nitrogen and oxygen atoms in total. The fourth-order valence-electron chi connectivity index (χ4n) is 2.42. The van der Waals surface area contributed by atoms with Gasteiger partial charge in [0.25, 0.3) is 11.5 Å². The van der Waals surface area contributed by atoms with Gasteiger partial charge in [-0.2, -0.15) is 0 Å². The summed E-state index contributed by atoms with van der Waals surface area (Å²) < 4.78 is 6.00. The van der Waals surface area contributed by atoms with E-state index in [1.54, 1.807) is 43.4 Å². The molecule has 3 rings (SSSR count). The van der Waals surface area contributed by atoms with Crippen LogP contribution in [0.15, 0.2) is 53.3 Å². The Morgan fingerprint density at radius 1 is 1.08 bits per heavy atom. The van der Waals surface area contributed by atoms with E-state index in [2.05, 4.69) is 15.0 Å². The van der Waals surface area contributed by atoms with Gasteiger partial charge in [0.2, 0.25) is 0 Å². The normalized spacial score (nSPS) is 10.5. The van der Waals surface area contributed by atoms with Gasteiger partial charge in [-0.05, 0) is 36.4 Å². The van der Waals surface area contributed by atoms with Crippen LogP contribution in [0.3, 0.4) is 0 Å². The number of methoxy groups -OCH3 is 1. The van der Waals surface area contributed by atoms with Crippen LogP contribution in [0.2, 0.25) is 0 Å². The molecule has 2 aromatic carbocycles. The number of anilines is 1. The third kappa shape index (κ3) is 3.12. The average molecular weight is 337 g/mol. The zero-order valence-corrected chi connectivity index (χ0v) is 13.6. The molecule has 25 heavy (non-hydrogen) atoms. The lowest BCUT2D eigenvalue weighted by molar-refractivity contribution is 0.0600. The molecule has 7 heteroatoms. The third-order valence-corrected chi connectivity index (χ3v) is 3.76. The Morgan fingerprint density at radius 2 is 1.76 bits per heavy atom. The van der Waals surface area contributed by atoms with Crippen molar-refractivity contribution in [1.82, 2.24) is 9.55 Å². The van der Waals surface area contributed by atoms with Crippen LogP contribution in [-0.2, 0) is 11.8 Å². The highest BCUT2D eigenvalue weighted by atomic mass is 16.5. The molecule has 0 fully saturated rings. The van der Waals surface area contributed by atoms with Gasteiger partial charge < -0.3 is 14.6 Å². The highest BCUT2D eigenvalue weighted by molar-refractivity contribution is 6.03. The molecule has 1 heterocycles. The fraction of sp³-hybridized carbons (Fsp3) is 0.111. The number of hydrogen-bond donors (Lipinski definition) is 1. The van der Waals surface area contributed by atoms with Crippen LogP contribution in [0.1, 0.15) is 20.8 Å². The van der Waals surface area contributed by atoms with Crippen molar-refractivity contribution in [3.05, 3.63) is 70.1 Å². The van der Waals surface area contributed by atoms with E-state index < -0.39 is 17.4 Å². The van der Waals surface area contributed by atoms with E-state index in [4.69, 9.17) is 0 Å². The number of hydrogen-bond acceptors (Lipinski definition) is 5. The van der Waals surface area contributed by atoms with Crippen LogP contribution in [0.4, 0.5) is 5.69 Å². The molecule has 0 aliphatic carbocycles. The van der Waals surface area contributed by atoms with Crippen molar-refractivity contribution in [2.24, 2.45) is 7.05 Å². The highest BCUT2D eigenvalue weighted by Crippen LogP contribution is 2.12. The van der Waals surface area contributed by atoms with Gasteiger partial charge in [-0.3, -0.25) is 9.59 Å². The number of nitrogens with one attached hydrogen (secondary N) is 1. The zero-order valence-electron chi connectivity index (χ0n) is 13.6. The molecule has 0 saturated heterocycles. The van der Waals surface area contributed by atoms with Gasteiger partial charge in [0.15, 0.2) is 5.69 Å². The number of para-hydroxylation sites is 2. The molecule has 0 aliphatic rings. The van der Waals surface area contributed by atoms with E-state index >= 15 is 0 Å². The minimum atomic E-state index is -0.614. The maximum atomic E-state index is 12.4. The number of carbonyl (C=O) groups excluding carboxylic acids is 2. The van der Waals surface area contributed by atoms with Crippen molar-refractivity contribution in [2.75, 3.05) is 12.4 Å². The molecule has 1 amide bonds. The van der Waals surface area contributed by atoms with Crippen molar-refractivity contribution in [1.29, 1.82) is 0 Å². The van der Waals surface area contributed by atoms with Crippen LogP contribution in [0.25, 0.3) is 11.0 Å². The summed E-state index contributed by atoms with van der Waals surface area (Å²) in [4.78, 5) is 40.4. The Hall–Kier alpha value is -3.48. The molecule has 0 aliphatic heterocycles. The van der Waals surface area contributed by atoms with Crippen molar-refractivity contribution < 1.29 is 14.3 Å². The van der Waals surface area contributed by atoms with Crippen LogP contribution in [-0.4, -0.2) is 28.5 Å². The van der Waals surface area contributed by atoms with Crippen LogP contribution in [0.5, 0.6) is 0 Å². The summed E-state index contributed by atoms with van der Waals surface area (Å²) in [5.41, 5.74) is 1.32. The number of aromatic nitrogens is 2. The lowest BCUT2D eigenvalue weighted by Gasteiger charge is -2.09. The van der Waals surface area contributed by atoms with Crippen LogP contribution >= 0.6 is 0 Å². The van der Waals surface area contributed by atoms with Gasteiger partial charge in [-0.25, -0.2) is 9.78 Å². The predicted octanol–water partition coefficient (Wildman–Crippen LogP) is 1.97. The predicted molar refractivity (Wildman–Crippen MR) is 92.7 cm³/mol. The first kappa shape index (κ1) is 16.4. The number of amides is 1. The second kappa shape index (κ2) is 6.56. The first-order valence-corrected chi connectivity index (χ1v) is 7.47. The van der Waals surface area contributed by atoms with Gasteiger partial charge in [0.05, 0.1) is 23.7 Å². The molecule has 1 aromatic heterocycles. The van der Waals surface area contributed by atoms with Gasteiger partial charge in [-0.15, -0.1) is 0 Å². The summed E-state index contributed by atoms with van der Waals surface area (Å²) in [6.07, 6.45) is 0. The SMILES string of the molecule is COC(=O)c1ccc(NC(=O)c2nc3ccccc3n(C)c2=O)cc1. The molecule has 0 spiro atoms. The topological polar surface area (TPSA) is 90.3 Å². The van der Waals surface area contributed by atoms with E-state index in [0.29, 0.717) is 22.3 Å². The first-order chi connectivity index (χ1) is 12.0. The summed E-state index contributed by atoms with van der Waals surface area (Å²) in [6, 6.07) is 13.2. The number of benzene rings is 2. The number of carbonyl (C=O) groups is 2. The molecular formula is C18H15N3O4. The standard InChI is InChI=1S/C18H15N3O4/c1-21-14-6-4-3-5-13(14)20-15(17(21)23)16(22)19-12-9-7-11(8-10-12)18(24)25-2/h3-10H,1-2H3,(H,19,22). The zero-order chi connectivity index (χ0) is 18.0. The quantitative estimate of drug-likeness (QED) is 0.738. The molecule has 126 valence electrons. The number of nitrogens with zero attached hydrogens (tertiary/aromatic N) is 2. The molecule has 0 saturated carbocycles. The second-order valence-corrected chi connectivity index (χ2v) is 5.34. The molecule has 3 aromatic rings. The smallest absolute Gasteiger partial charge is 0.337 e. The van der Waals surface area contributed by atoms with Gasteiger partial charge in [-0.1, -0.05) is 12.1 Å². The van der Waals surface area contributed by atoms with E-state index in [1.807, 2.05) is 0 Å². The molecular weight excluding hydrogens is 322 g/mol. The van der Waals surface area contributed by atoms with Crippen molar-refractivity contribution in [3.8, 4) is 0 Å². The minimum Gasteiger partial charge on any atom is -0.465 e. The summed E-state index contributed by atoms with van der Waals surface area (Å²) >= 11 is 0. The maximum Gasteiger partial charge on any atom is 0.337 e. The van der Waals surface area contributed by atoms with Crippen molar-refractivity contribution in [3.63, 3.8) is 0 Å². The summed E-state index contributed by atoms with van der Waals surface area (Å²) in [5.74, 6) is -1.08. The fourth-order valence-corrected chi connectivity index (χ4v) is 2.42. The lowest BCUT2D eigenvalue weighted by atomic mass is 10.2. The highest BCUT2D eigenvalue weighted by Gasteiger charge is 2.16. The minimum absolute atomic E-state index is 0.196. The Labute approximate surface area is 142 Å². The van der Waals surface area contributed by atoms with Crippen molar-refractivity contribution >= 4 is 28.6 Å². The second-order valence-electron chi connectivity index (χ2n) is 5.34. The maximum absolute atomic E-state index is 12.4. The molecule has 0 radical (unpaired) electrons. The summed E-state index contributed by atoms with van der Waals surface area (Å²) in [5, 5.41) is 2.61. The molecule has 0 bridgehead atoms. The molecule has 0 unspecified atom stereocenters. The Bertz CT molecular complexity index is 1020. The monoisotopic (exact) mass is 337 g/mol. The number of rotatable bonds is 3. The number of esters is 1. The van der Waals surface area contributed by atoms with Crippen LogP contribution in [0, 0.1) is 0 Å². The number of aryl methyl sites for hydroxylation is 1. The lowest BCUT2D eigenvalue weighted by Crippen LogP contribution is -2.29. The largest absolute Gasteiger partial charge is 0.465 e. The number of ether oxygens (including phenoxy) is 1. The average Bonchev–Trinajstić information content (AvgIpc) is 2.64. The Kier molecular flexibility index (Phi) is 4.30. The van der Waals surface area contributed by atoms with E-state index in [-0.39, 0.29) is 5.69 Å². The van der Waals surface area contributed by atoms with E-state index in [0.717, 1.165) is 0 Å². The van der Waals surface area contributed by atoms with Gasteiger partial charge in [0, 0.05) is 12.7 Å².